The maximum Gasteiger partial charge on any atom is 0.243 e. The number of nitrogens with zero attached hydrogens (tertiary/aromatic N) is 2. The molecular formula is C27H34ClN3O3. The van der Waals surface area contributed by atoms with Crippen molar-refractivity contribution in [3.63, 3.8) is 0 Å². The summed E-state index contributed by atoms with van der Waals surface area (Å²) in [6, 6.07) is 15.3. The molecule has 7 heteroatoms. The first kappa shape index (κ1) is 24.7. The number of amides is 2. The van der Waals surface area contributed by atoms with Crippen molar-refractivity contribution in [2.24, 2.45) is 5.92 Å². The highest BCUT2D eigenvalue weighted by molar-refractivity contribution is 6.31. The van der Waals surface area contributed by atoms with Crippen LogP contribution in [0.1, 0.15) is 43.0 Å². The van der Waals surface area contributed by atoms with Gasteiger partial charge in [-0.1, -0.05) is 67.9 Å². The summed E-state index contributed by atoms with van der Waals surface area (Å²) in [5.74, 6) is 0.150. The molecule has 34 heavy (non-hydrogen) atoms. The van der Waals surface area contributed by atoms with E-state index in [-0.39, 0.29) is 23.8 Å². The Morgan fingerprint density at radius 2 is 1.74 bits per heavy atom. The Kier molecular flexibility index (Phi) is 8.24. The van der Waals surface area contributed by atoms with Crippen molar-refractivity contribution in [3.8, 4) is 0 Å². The molecule has 0 aromatic heterocycles. The number of benzene rings is 2. The van der Waals surface area contributed by atoms with Gasteiger partial charge in [0.2, 0.25) is 11.8 Å². The summed E-state index contributed by atoms with van der Waals surface area (Å²) in [5, 5.41) is 3.86. The van der Waals surface area contributed by atoms with Crippen molar-refractivity contribution in [2.75, 3.05) is 32.8 Å². The lowest BCUT2D eigenvalue weighted by Gasteiger charge is -2.38. The largest absolute Gasteiger partial charge is 0.379 e. The second kappa shape index (κ2) is 11.3. The normalized spacial score (nSPS) is 19.5. The minimum Gasteiger partial charge on any atom is -0.379 e. The summed E-state index contributed by atoms with van der Waals surface area (Å²) >= 11 is 6.55. The van der Waals surface area contributed by atoms with E-state index in [4.69, 9.17) is 16.3 Å². The van der Waals surface area contributed by atoms with E-state index in [2.05, 4.69) is 16.3 Å². The quantitative estimate of drug-likeness (QED) is 0.650. The van der Waals surface area contributed by atoms with E-state index in [9.17, 15) is 9.59 Å². The molecule has 0 bridgehead atoms. The van der Waals surface area contributed by atoms with E-state index in [0.717, 1.165) is 29.8 Å². The van der Waals surface area contributed by atoms with E-state index in [0.29, 0.717) is 44.2 Å². The lowest BCUT2D eigenvalue weighted by molar-refractivity contribution is -0.142. The monoisotopic (exact) mass is 483 g/mol. The number of hydrogen-bond acceptors (Lipinski definition) is 4. The Morgan fingerprint density at radius 1 is 1.06 bits per heavy atom. The summed E-state index contributed by atoms with van der Waals surface area (Å²) in [4.78, 5) is 30.7. The molecule has 0 radical (unpaired) electrons. The molecule has 2 aromatic carbocycles. The molecule has 182 valence electrons. The minimum atomic E-state index is -0.516. The van der Waals surface area contributed by atoms with Gasteiger partial charge in [-0.05, 0) is 28.7 Å². The van der Waals surface area contributed by atoms with Crippen LogP contribution in [0.4, 0.5) is 0 Å². The zero-order chi connectivity index (χ0) is 24.1. The van der Waals surface area contributed by atoms with Crippen molar-refractivity contribution in [1.82, 2.24) is 15.1 Å². The summed E-state index contributed by atoms with van der Waals surface area (Å²) in [7, 11) is 0. The maximum atomic E-state index is 13.5. The van der Waals surface area contributed by atoms with Crippen molar-refractivity contribution < 1.29 is 14.3 Å². The van der Waals surface area contributed by atoms with Gasteiger partial charge in [0.1, 0.15) is 6.04 Å². The SMILES string of the molecule is CC(C)CC(=O)N1Cc2ccccc2CC1C(=O)NCC(c1ccccc1Cl)N1CCOCC1. The molecule has 2 aliphatic heterocycles. The first-order valence-electron chi connectivity index (χ1n) is 12.1. The molecule has 2 amide bonds. The van der Waals surface area contributed by atoms with Crippen molar-refractivity contribution in [3.05, 3.63) is 70.2 Å². The van der Waals surface area contributed by atoms with E-state index >= 15 is 0 Å². The summed E-state index contributed by atoms with van der Waals surface area (Å²) < 4.78 is 5.54. The average molecular weight is 484 g/mol. The number of fused-ring (bicyclic) bond motifs is 1. The highest BCUT2D eigenvalue weighted by atomic mass is 35.5. The minimum absolute atomic E-state index is 0.0282. The predicted octanol–water partition coefficient (Wildman–Crippen LogP) is 3.83. The van der Waals surface area contributed by atoms with Crippen LogP contribution in [0.15, 0.2) is 48.5 Å². The predicted molar refractivity (Wildman–Crippen MR) is 134 cm³/mol. The first-order valence-corrected chi connectivity index (χ1v) is 12.5. The third-order valence-corrected chi connectivity index (χ3v) is 7.02. The fourth-order valence-corrected chi connectivity index (χ4v) is 5.13. The smallest absolute Gasteiger partial charge is 0.243 e. The highest BCUT2D eigenvalue weighted by Gasteiger charge is 2.35. The summed E-state index contributed by atoms with van der Waals surface area (Å²) in [6.45, 7) is 7.83. The molecule has 1 N–H and O–H groups in total. The zero-order valence-corrected chi connectivity index (χ0v) is 20.8. The highest BCUT2D eigenvalue weighted by Crippen LogP contribution is 2.29. The number of ether oxygens (including phenoxy) is 1. The Balaban J connectivity index is 1.53. The lowest BCUT2D eigenvalue weighted by atomic mass is 9.92. The molecule has 1 saturated heterocycles. The summed E-state index contributed by atoms with van der Waals surface area (Å²) in [6.07, 6.45) is 0.960. The van der Waals surface area contributed by atoms with Crippen LogP contribution in [0.5, 0.6) is 0 Å². The van der Waals surface area contributed by atoms with Crippen LogP contribution in [-0.2, 0) is 27.3 Å². The van der Waals surface area contributed by atoms with E-state index in [1.54, 1.807) is 4.90 Å². The van der Waals surface area contributed by atoms with Gasteiger partial charge < -0.3 is 15.0 Å². The van der Waals surface area contributed by atoms with Crippen LogP contribution < -0.4 is 5.32 Å². The molecule has 2 aliphatic rings. The zero-order valence-electron chi connectivity index (χ0n) is 20.0. The van der Waals surface area contributed by atoms with Gasteiger partial charge in [-0.2, -0.15) is 0 Å². The third kappa shape index (κ3) is 5.80. The van der Waals surface area contributed by atoms with Gasteiger partial charge in [0, 0.05) is 44.0 Å². The van der Waals surface area contributed by atoms with E-state index in [1.165, 1.54) is 0 Å². The Morgan fingerprint density at radius 3 is 2.44 bits per heavy atom. The molecule has 2 unspecified atom stereocenters. The van der Waals surface area contributed by atoms with Crippen LogP contribution in [0.25, 0.3) is 0 Å². The van der Waals surface area contributed by atoms with Gasteiger partial charge in [-0.15, -0.1) is 0 Å². The van der Waals surface area contributed by atoms with Crippen LogP contribution in [0.2, 0.25) is 5.02 Å². The topological polar surface area (TPSA) is 61.9 Å². The number of rotatable bonds is 7. The first-order chi connectivity index (χ1) is 16.4. The van der Waals surface area contributed by atoms with Gasteiger partial charge in [0.25, 0.3) is 0 Å². The number of carbonyl (C=O) groups is 2. The average Bonchev–Trinajstić information content (AvgIpc) is 2.84. The molecule has 2 aromatic rings. The summed E-state index contributed by atoms with van der Waals surface area (Å²) in [5.41, 5.74) is 3.24. The van der Waals surface area contributed by atoms with Crippen LogP contribution in [0.3, 0.4) is 0 Å². The van der Waals surface area contributed by atoms with Gasteiger partial charge in [0.05, 0.1) is 19.3 Å². The molecule has 4 rings (SSSR count). The van der Waals surface area contributed by atoms with Crippen LogP contribution in [-0.4, -0.2) is 60.5 Å². The second-order valence-corrected chi connectivity index (χ2v) is 9.95. The number of nitrogens with one attached hydrogen (secondary N) is 1. The van der Waals surface area contributed by atoms with Gasteiger partial charge in [0.15, 0.2) is 0 Å². The van der Waals surface area contributed by atoms with Crippen molar-refractivity contribution >= 4 is 23.4 Å². The number of carbonyl (C=O) groups excluding carboxylic acids is 2. The van der Waals surface area contributed by atoms with E-state index < -0.39 is 6.04 Å². The maximum absolute atomic E-state index is 13.5. The molecule has 2 heterocycles. The van der Waals surface area contributed by atoms with Crippen LogP contribution >= 0.6 is 11.6 Å². The third-order valence-electron chi connectivity index (χ3n) is 6.67. The Bertz CT molecular complexity index is 1010. The number of halogens is 1. The molecule has 6 nitrogen and oxygen atoms in total. The Hall–Kier alpha value is -2.41. The van der Waals surface area contributed by atoms with Gasteiger partial charge in [-0.25, -0.2) is 0 Å². The molecule has 0 saturated carbocycles. The van der Waals surface area contributed by atoms with Crippen molar-refractivity contribution in [2.45, 2.75) is 45.3 Å². The fourth-order valence-electron chi connectivity index (χ4n) is 4.87. The molecule has 1 fully saturated rings. The Labute approximate surface area is 207 Å². The van der Waals surface area contributed by atoms with Gasteiger partial charge >= 0.3 is 0 Å². The molecular weight excluding hydrogens is 450 g/mol. The number of morpholine rings is 1. The second-order valence-electron chi connectivity index (χ2n) is 9.54. The lowest BCUT2D eigenvalue weighted by Crippen LogP contribution is -2.54. The molecule has 0 spiro atoms. The number of hydrogen-bond donors (Lipinski definition) is 1. The van der Waals surface area contributed by atoms with Crippen molar-refractivity contribution in [1.29, 1.82) is 0 Å². The van der Waals surface area contributed by atoms with Gasteiger partial charge in [-0.3, -0.25) is 14.5 Å². The standard InChI is InChI=1S/C27H34ClN3O3/c1-19(2)15-26(32)31-18-21-8-4-3-7-20(21)16-24(31)27(33)29-17-25(30-11-13-34-14-12-30)22-9-5-6-10-23(22)28/h3-10,19,24-25H,11-18H2,1-2H3,(H,29,33). The molecule has 0 aliphatic carbocycles. The fraction of sp³-hybridized carbons (Fsp3) is 0.481. The van der Waals surface area contributed by atoms with E-state index in [1.807, 2.05) is 56.3 Å². The van der Waals surface area contributed by atoms with Crippen LogP contribution in [0, 0.1) is 5.92 Å². The molecule has 2 atom stereocenters.